The van der Waals surface area contributed by atoms with Gasteiger partial charge in [-0.25, -0.2) is 0 Å². The van der Waals surface area contributed by atoms with E-state index in [-0.39, 0.29) is 16.2 Å². The Morgan fingerprint density at radius 1 is 0.333 bits per heavy atom. The Kier molecular flexibility index (Phi) is 4.78. The van der Waals surface area contributed by atoms with Crippen LogP contribution in [-0.2, 0) is 0 Å². The second kappa shape index (κ2) is 7.94. The number of fused-ring (bicyclic) bond motifs is 9. The Morgan fingerprint density at radius 3 is 0.786 bits per heavy atom. The summed E-state index contributed by atoms with van der Waals surface area (Å²) in [5, 5.41) is 26.7. The quantitative estimate of drug-likeness (QED) is 0.187. The Balaban J connectivity index is 2.06. The van der Waals surface area contributed by atoms with Crippen molar-refractivity contribution in [2.45, 2.75) is 20.8 Å². The van der Waals surface area contributed by atoms with Crippen LogP contribution >= 0.6 is 0 Å². The van der Waals surface area contributed by atoms with E-state index in [2.05, 4.69) is 0 Å². The molecule has 0 heterocycles. The highest BCUT2D eigenvalue weighted by Gasteiger charge is 2.29. The van der Waals surface area contributed by atoms with Gasteiger partial charge in [0.2, 0.25) is 0 Å². The predicted octanol–water partition coefficient (Wildman–Crippen LogP) is 3.12. The molecule has 0 atom stereocenters. The van der Waals surface area contributed by atoms with Gasteiger partial charge in [0.05, 0.1) is 16.2 Å². The molecule has 0 aliphatic carbocycles. The van der Waals surface area contributed by atoms with Gasteiger partial charge in [-0.3, -0.25) is 28.8 Å². The van der Waals surface area contributed by atoms with Crippen LogP contribution < -0.4 is 32.6 Å². The second-order valence-electron chi connectivity index (χ2n) is 10.8. The fourth-order valence-electron chi connectivity index (χ4n) is 6.45. The van der Waals surface area contributed by atoms with E-state index >= 15 is 0 Å². The van der Waals surface area contributed by atoms with Crippen molar-refractivity contribution < 1.29 is 15.3 Å². The lowest BCUT2D eigenvalue weighted by Crippen LogP contribution is -2.25. The monoisotopic (exact) mass is 558 g/mol. The molecule has 0 saturated heterocycles. The summed E-state index contributed by atoms with van der Waals surface area (Å²) in [6.07, 6.45) is 0. The standard InChI is InChI=1S/C33H18O9/c1-10-4-13-19(16(34)7-10)31(40)25-22(28(13)37)26-24(30(39)14-5-11(2)8-17(35)20(14)32(26)41)27-23(25)29(38)15-6-12(3)9-18(36)21(15)33(27)42/h4-9,34-36H,1-3H3. The molecule has 0 spiro atoms. The van der Waals surface area contributed by atoms with Crippen LogP contribution in [0.4, 0.5) is 0 Å². The number of aromatic hydroxyl groups is 3. The second-order valence-corrected chi connectivity index (χ2v) is 10.8. The first-order chi connectivity index (χ1) is 19.8. The Hall–Kier alpha value is -5.70. The Morgan fingerprint density at radius 2 is 0.548 bits per heavy atom. The molecule has 0 unspecified atom stereocenters. The van der Waals surface area contributed by atoms with E-state index in [1.165, 1.54) is 36.4 Å². The zero-order valence-electron chi connectivity index (χ0n) is 22.3. The van der Waals surface area contributed by atoms with Crippen molar-refractivity contribution in [3.8, 4) is 17.2 Å². The first kappa shape index (κ1) is 25.3. The van der Waals surface area contributed by atoms with Crippen LogP contribution in [0.15, 0.2) is 65.2 Å². The summed E-state index contributed by atoms with van der Waals surface area (Å²) < 4.78 is 0. The molecule has 7 aromatic carbocycles. The molecule has 42 heavy (non-hydrogen) atoms. The van der Waals surface area contributed by atoms with Crippen LogP contribution in [0.2, 0.25) is 0 Å². The smallest absolute Gasteiger partial charge is 0.199 e. The minimum Gasteiger partial charge on any atom is -0.507 e. The summed E-state index contributed by atoms with van der Waals surface area (Å²) in [6.45, 7) is 4.73. The molecule has 0 saturated carbocycles. The normalized spacial score (nSPS) is 12.1. The van der Waals surface area contributed by atoms with Gasteiger partial charge in [0.15, 0.2) is 32.6 Å². The van der Waals surface area contributed by atoms with Crippen molar-refractivity contribution in [3.63, 3.8) is 0 Å². The first-order valence-electron chi connectivity index (χ1n) is 12.9. The first-order valence-corrected chi connectivity index (χ1v) is 12.9. The van der Waals surface area contributed by atoms with Gasteiger partial charge in [-0.05, 0) is 73.9 Å². The van der Waals surface area contributed by atoms with Gasteiger partial charge in [-0.15, -0.1) is 0 Å². The Bertz CT molecular complexity index is 2470. The molecule has 9 heteroatoms. The molecule has 0 fully saturated rings. The summed E-state index contributed by atoms with van der Waals surface area (Å²) in [5.74, 6) is -1.61. The van der Waals surface area contributed by atoms with Crippen LogP contribution in [0.1, 0.15) is 16.7 Å². The third-order valence-corrected chi connectivity index (χ3v) is 8.06. The van der Waals surface area contributed by atoms with Gasteiger partial charge in [0.25, 0.3) is 0 Å². The number of benzene rings is 7. The third kappa shape index (κ3) is 2.91. The number of hydrogen-bond acceptors (Lipinski definition) is 9. The maximum atomic E-state index is 14.1. The van der Waals surface area contributed by atoms with Gasteiger partial charge in [0, 0.05) is 48.5 Å². The van der Waals surface area contributed by atoms with E-state index in [9.17, 15) is 44.1 Å². The SMILES string of the molecule is Cc1cc(O)c2c(=O)c3c4c(=O)c5cc(C)cc(O)c5c(=O)c4c4c(=O)c5cc(C)cc(O)c5c(=O)c4c3c(=O)c2c1. The summed E-state index contributed by atoms with van der Waals surface area (Å²) >= 11 is 0. The molecule has 204 valence electrons. The van der Waals surface area contributed by atoms with E-state index in [1.807, 2.05) is 0 Å². The summed E-state index contributed by atoms with van der Waals surface area (Å²) in [7, 11) is 0. The van der Waals surface area contributed by atoms with Crippen molar-refractivity contribution in [2.24, 2.45) is 0 Å². The van der Waals surface area contributed by atoms with Crippen LogP contribution in [0.3, 0.4) is 0 Å². The molecular weight excluding hydrogens is 540 g/mol. The number of aryl methyl sites for hydroxylation is 3. The van der Waals surface area contributed by atoms with Gasteiger partial charge < -0.3 is 15.3 Å². The molecule has 0 radical (unpaired) electrons. The number of rotatable bonds is 0. The van der Waals surface area contributed by atoms with Crippen molar-refractivity contribution in [1.82, 2.24) is 0 Å². The van der Waals surface area contributed by atoms with E-state index in [0.29, 0.717) is 16.7 Å². The lowest BCUT2D eigenvalue weighted by molar-refractivity contribution is 0.480. The molecule has 0 aliphatic heterocycles. The average molecular weight is 558 g/mol. The fraction of sp³-hybridized carbons (Fsp3) is 0.0909. The Labute approximate surface area is 232 Å². The van der Waals surface area contributed by atoms with Crippen LogP contribution in [0, 0.1) is 20.8 Å². The van der Waals surface area contributed by atoms with Gasteiger partial charge >= 0.3 is 0 Å². The average Bonchev–Trinajstić information content (AvgIpc) is 2.90. The van der Waals surface area contributed by atoms with Gasteiger partial charge in [-0.1, -0.05) is 0 Å². The molecule has 0 amide bonds. The topological polar surface area (TPSA) is 163 Å². The van der Waals surface area contributed by atoms with E-state index in [0.717, 1.165) is 0 Å². The number of hydrogen-bond donors (Lipinski definition) is 3. The third-order valence-electron chi connectivity index (χ3n) is 8.06. The minimum absolute atomic E-state index is 0.241. The summed E-state index contributed by atoms with van der Waals surface area (Å²) in [5.41, 5.74) is -4.42. The molecule has 3 N–H and O–H groups in total. The zero-order valence-corrected chi connectivity index (χ0v) is 22.3. The van der Waals surface area contributed by atoms with E-state index < -0.39 is 98.3 Å². The van der Waals surface area contributed by atoms with E-state index in [4.69, 9.17) is 0 Å². The summed E-state index contributed by atoms with van der Waals surface area (Å²) in [6, 6.07) is 7.81. The highest BCUT2D eigenvalue weighted by molar-refractivity contribution is 6.30. The molecule has 0 bridgehead atoms. The highest BCUT2D eigenvalue weighted by Crippen LogP contribution is 2.34. The van der Waals surface area contributed by atoms with Gasteiger partial charge in [-0.2, -0.15) is 0 Å². The van der Waals surface area contributed by atoms with Crippen molar-refractivity contribution in [3.05, 3.63) is 114 Å². The van der Waals surface area contributed by atoms with Crippen molar-refractivity contribution in [1.29, 1.82) is 0 Å². The van der Waals surface area contributed by atoms with Crippen LogP contribution in [-0.4, -0.2) is 15.3 Å². The molecule has 9 nitrogen and oxygen atoms in total. The summed E-state index contributed by atoms with van der Waals surface area (Å²) in [4.78, 5) is 84.8. The van der Waals surface area contributed by atoms with Crippen molar-refractivity contribution in [2.75, 3.05) is 0 Å². The van der Waals surface area contributed by atoms with Crippen molar-refractivity contribution >= 4 is 64.6 Å². The molecule has 0 aliphatic rings. The molecule has 7 aromatic rings. The largest absolute Gasteiger partial charge is 0.507 e. The molecule has 0 aromatic heterocycles. The van der Waals surface area contributed by atoms with E-state index in [1.54, 1.807) is 20.8 Å². The fourth-order valence-corrected chi connectivity index (χ4v) is 6.45. The zero-order chi connectivity index (χ0) is 30.1. The highest BCUT2D eigenvalue weighted by atomic mass is 16.3. The number of phenolic OH excluding ortho intramolecular Hbond substituents is 3. The minimum atomic E-state index is -0.989. The maximum Gasteiger partial charge on any atom is 0.199 e. The van der Waals surface area contributed by atoms with Crippen LogP contribution in [0.5, 0.6) is 17.2 Å². The predicted molar refractivity (Wildman–Crippen MR) is 162 cm³/mol. The maximum absolute atomic E-state index is 14.1. The van der Waals surface area contributed by atoms with Gasteiger partial charge in [0.1, 0.15) is 17.2 Å². The lowest BCUT2D eigenvalue weighted by Gasteiger charge is -2.13. The molecule has 7 rings (SSSR count). The lowest BCUT2D eigenvalue weighted by atomic mass is 9.87. The molecular formula is C33H18O9. The van der Waals surface area contributed by atoms with Crippen LogP contribution in [0.25, 0.3) is 64.6 Å². The number of phenols is 3.